The molecule has 1 aromatic carbocycles. The first kappa shape index (κ1) is 19.0. The molecule has 1 aliphatic rings. The van der Waals surface area contributed by atoms with E-state index in [4.69, 9.17) is 0 Å². The van der Waals surface area contributed by atoms with Crippen LogP contribution in [0, 0.1) is 13.8 Å². The van der Waals surface area contributed by atoms with Gasteiger partial charge in [0.2, 0.25) is 5.91 Å². The molecule has 1 saturated heterocycles. The van der Waals surface area contributed by atoms with Gasteiger partial charge in [0, 0.05) is 37.2 Å². The summed E-state index contributed by atoms with van der Waals surface area (Å²) in [5.41, 5.74) is 3.12. The SMILES string of the molecule is Cc1nc(C)c(-c2csc(NC(=O)CN3CCN(c4ccccc4)CC3)n2)s1. The lowest BCUT2D eigenvalue weighted by Gasteiger charge is -2.35. The summed E-state index contributed by atoms with van der Waals surface area (Å²) in [5.74, 6) is -0.00809. The van der Waals surface area contributed by atoms with Gasteiger partial charge in [-0.15, -0.1) is 22.7 Å². The van der Waals surface area contributed by atoms with Gasteiger partial charge in [0.25, 0.3) is 0 Å². The number of aromatic nitrogens is 2. The average Bonchev–Trinajstić information content (AvgIpc) is 3.28. The zero-order chi connectivity index (χ0) is 19.5. The van der Waals surface area contributed by atoms with Gasteiger partial charge in [-0.2, -0.15) is 0 Å². The lowest BCUT2D eigenvalue weighted by atomic mass is 10.2. The minimum Gasteiger partial charge on any atom is -0.369 e. The number of rotatable bonds is 5. The predicted molar refractivity (Wildman–Crippen MR) is 116 cm³/mol. The molecule has 0 saturated carbocycles. The van der Waals surface area contributed by atoms with Crippen LogP contribution < -0.4 is 10.2 Å². The molecule has 0 unspecified atom stereocenters. The van der Waals surface area contributed by atoms with Crippen LogP contribution in [-0.2, 0) is 4.79 Å². The molecule has 4 rings (SSSR count). The Morgan fingerprint density at radius 3 is 2.54 bits per heavy atom. The summed E-state index contributed by atoms with van der Waals surface area (Å²) in [5, 5.41) is 6.60. The Hall–Kier alpha value is -2.29. The number of hydrogen-bond donors (Lipinski definition) is 1. The summed E-state index contributed by atoms with van der Waals surface area (Å²) in [6.45, 7) is 8.01. The molecule has 1 aliphatic heterocycles. The third-order valence-corrected chi connectivity index (χ3v) is 6.60. The summed E-state index contributed by atoms with van der Waals surface area (Å²) < 4.78 is 0. The molecule has 1 N–H and O–H groups in total. The van der Waals surface area contributed by atoms with Gasteiger partial charge in [-0.25, -0.2) is 9.97 Å². The molecule has 6 nitrogen and oxygen atoms in total. The highest BCUT2D eigenvalue weighted by molar-refractivity contribution is 7.16. The third-order valence-electron chi connectivity index (χ3n) is 4.75. The van der Waals surface area contributed by atoms with Crippen LogP contribution in [0.25, 0.3) is 10.6 Å². The maximum Gasteiger partial charge on any atom is 0.240 e. The van der Waals surface area contributed by atoms with Gasteiger partial charge in [-0.05, 0) is 26.0 Å². The van der Waals surface area contributed by atoms with E-state index in [0.29, 0.717) is 11.7 Å². The van der Waals surface area contributed by atoms with E-state index in [1.165, 1.54) is 17.0 Å². The topological polar surface area (TPSA) is 61.4 Å². The van der Waals surface area contributed by atoms with Crippen molar-refractivity contribution in [2.24, 2.45) is 0 Å². The van der Waals surface area contributed by atoms with Crippen molar-refractivity contribution in [1.82, 2.24) is 14.9 Å². The lowest BCUT2D eigenvalue weighted by molar-refractivity contribution is -0.117. The van der Waals surface area contributed by atoms with E-state index in [2.05, 4.69) is 49.4 Å². The molecule has 0 bridgehead atoms. The average molecular weight is 414 g/mol. The van der Waals surface area contributed by atoms with E-state index in [9.17, 15) is 4.79 Å². The molecule has 3 heterocycles. The molecule has 1 amide bonds. The van der Waals surface area contributed by atoms with Gasteiger partial charge in [0.05, 0.1) is 27.8 Å². The van der Waals surface area contributed by atoms with Crippen LogP contribution in [0.5, 0.6) is 0 Å². The van der Waals surface area contributed by atoms with E-state index >= 15 is 0 Å². The zero-order valence-electron chi connectivity index (χ0n) is 16.0. The third kappa shape index (κ3) is 4.40. The largest absolute Gasteiger partial charge is 0.369 e. The summed E-state index contributed by atoms with van der Waals surface area (Å²) >= 11 is 3.09. The van der Waals surface area contributed by atoms with Crippen LogP contribution in [0.15, 0.2) is 35.7 Å². The molecule has 146 valence electrons. The first-order chi connectivity index (χ1) is 13.6. The molecular weight excluding hydrogens is 390 g/mol. The Kier molecular flexibility index (Phi) is 5.70. The van der Waals surface area contributed by atoms with Crippen molar-refractivity contribution in [3.8, 4) is 10.6 Å². The molecule has 28 heavy (non-hydrogen) atoms. The zero-order valence-corrected chi connectivity index (χ0v) is 17.6. The summed E-state index contributed by atoms with van der Waals surface area (Å²) in [6.07, 6.45) is 0. The van der Waals surface area contributed by atoms with Gasteiger partial charge in [0.1, 0.15) is 0 Å². The molecule has 2 aromatic heterocycles. The molecule has 0 spiro atoms. The Labute approximate surface area is 172 Å². The van der Waals surface area contributed by atoms with Crippen molar-refractivity contribution in [3.63, 3.8) is 0 Å². The molecule has 3 aromatic rings. The number of para-hydroxylation sites is 1. The number of anilines is 2. The Morgan fingerprint density at radius 1 is 1.11 bits per heavy atom. The molecule has 1 fully saturated rings. The van der Waals surface area contributed by atoms with Gasteiger partial charge in [-0.3, -0.25) is 9.69 Å². The maximum atomic E-state index is 12.4. The number of benzene rings is 1. The normalized spacial score (nSPS) is 15.0. The number of nitrogens with zero attached hydrogens (tertiary/aromatic N) is 4. The van der Waals surface area contributed by atoms with Crippen molar-refractivity contribution >= 4 is 39.4 Å². The van der Waals surface area contributed by atoms with Gasteiger partial charge < -0.3 is 10.2 Å². The van der Waals surface area contributed by atoms with Crippen molar-refractivity contribution in [2.45, 2.75) is 13.8 Å². The van der Waals surface area contributed by atoms with Gasteiger partial charge in [0.15, 0.2) is 5.13 Å². The van der Waals surface area contributed by atoms with Crippen molar-refractivity contribution < 1.29 is 4.79 Å². The molecule has 0 atom stereocenters. The van der Waals surface area contributed by atoms with Crippen LogP contribution >= 0.6 is 22.7 Å². The number of nitrogens with one attached hydrogen (secondary N) is 1. The minimum atomic E-state index is -0.00809. The first-order valence-electron chi connectivity index (χ1n) is 9.30. The van der Waals surface area contributed by atoms with Crippen molar-refractivity contribution in [2.75, 3.05) is 42.9 Å². The summed E-state index contributed by atoms with van der Waals surface area (Å²) in [6, 6.07) is 10.4. The molecule has 0 radical (unpaired) electrons. The maximum absolute atomic E-state index is 12.4. The number of carbonyl (C=O) groups excluding carboxylic acids is 1. The van der Waals surface area contributed by atoms with E-state index < -0.39 is 0 Å². The second kappa shape index (κ2) is 8.38. The number of thiazole rings is 2. The number of aryl methyl sites for hydroxylation is 2. The standard InChI is InChI=1S/C20H23N5OS2/c1-14-19(28-15(2)21-14)17-13-27-20(22-17)23-18(26)12-24-8-10-25(11-9-24)16-6-4-3-5-7-16/h3-7,13H,8-12H2,1-2H3,(H,22,23,26). The van der Waals surface area contributed by atoms with Crippen molar-refractivity contribution in [1.29, 1.82) is 0 Å². The number of piperazine rings is 1. The van der Waals surface area contributed by atoms with Crippen LogP contribution in [0.1, 0.15) is 10.7 Å². The Morgan fingerprint density at radius 2 is 1.86 bits per heavy atom. The Balaban J connectivity index is 1.29. The second-order valence-electron chi connectivity index (χ2n) is 6.83. The fourth-order valence-corrected chi connectivity index (χ4v) is 5.04. The fourth-order valence-electron chi connectivity index (χ4n) is 3.37. The smallest absolute Gasteiger partial charge is 0.240 e. The number of carbonyl (C=O) groups is 1. The minimum absolute atomic E-state index is 0.00809. The predicted octanol–water partition coefficient (Wildman–Crippen LogP) is 3.64. The highest BCUT2D eigenvalue weighted by Crippen LogP contribution is 2.32. The van der Waals surface area contributed by atoms with Gasteiger partial charge in [-0.1, -0.05) is 18.2 Å². The Bertz CT molecular complexity index is 945. The van der Waals surface area contributed by atoms with Crippen LogP contribution in [0.3, 0.4) is 0 Å². The molecule has 0 aliphatic carbocycles. The number of hydrogen-bond acceptors (Lipinski definition) is 7. The second-order valence-corrected chi connectivity index (χ2v) is 8.89. The molecular formula is C20H23N5OS2. The van der Waals surface area contributed by atoms with Crippen molar-refractivity contribution in [3.05, 3.63) is 46.4 Å². The summed E-state index contributed by atoms with van der Waals surface area (Å²) in [4.78, 5) is 27.1. The summed E-state index contributed by atoms with van der Waals surface area (Å²) in [7, 11) is 0. The lowest BCUT2D eigenvalue weighted by Crippen LogP contribution is -2.48. The van der Waals surface area contributed by atoms with E-state index in [-0.39, 0.29) is 5.91 Å². The van der Waals surface area contributed by atoms with Gasteiger partial charge >= 0.3 is 0 Å². The fraction of sp³-hybridized carbons (Fsp3) is 0.350. The van der Waals surface area contributed by atoms with Crippen LogP contribution in [0.2, 0.25) is 0 Å². The highest BCUT2D eigenvalue weighted by atomic mass is 32.1. The van der Waals surface area contributed by atoms with E-state index in [1.54, 1.807) is 11.3 Å². The monoisotopic (exact) mass is 413 g/mol. The first-order valence-corrected chi connectivity index (χ1v) is 11.0. The quantitative estimate of drug-likeness (QED) is 0.692. The highest BCUT2D eigenvalue weighted by Gasteiger charge is 2.20. The number of amides is 1. The van der Waals surface area contributed by atoms with Crippen LogP contribution in [-0.4, -0.2) is 53.5 Å². The van der Waals surface area contributed by atoms with E-state index in [1.807, 2.05) is 25.3 Å². The molecule has 8 heteroatoms. The van der Waals surface area contributed by atoms with Crippen LogP contribution in [0.4, 0.5) is 10.8 Å². The van der Waals surface area contributed by atoms with E-state index in [0.717, 1.165) is 47.5 Å².